The summed E-state index contributed by atoms with van der Waals surface area (Å²) in [5, 5.41) is 4.51. The van der Waals surface area contributed by atoms with Crippen molar-refractivity contribution in [3.05, 3.63) is 38.4 Å². The molecule has 0 saturated heterocycles. The molecule has 17 heavy (non-hydrogen) atoms. The Morgan fingerprint density at radius 1 is 1.35 bits per heavy atom. The van der Waals surface area contributed by atoms with Gasteiger partial charge >= 0.3 is 0 Å². The van der Waals surface area contributed by atoms with Crippen LogP contribution >= 0.6 is 0 Å². The summed E-state index contributed by atoms with van der Waals surface area (Å²) in [5.74, 6) is 0.0140. The molecule has 6 heteroatoms. The summed E-state index contributed by atoms with van der Waals surface area (Å²) in [7, 11) is 0. The molecule has 0 aliphatic carbocycles. The zero-order valence-electron chi connectivity index (χ0n) is 9.45. The number of rotatable bonds is 1. The second-order valence-corrected chi connectivity index (χ2v) is 3.95. The summed E-state index contributed by atoms with van der Waals surface area (Å²) in [4.78, 5) is 35.5. The molecule has 1 aliphatic rings. The molecule has 2 rings (SSSR count). The van der Waals surface area contributed by atoms with Crippen LogP contribution in [0.4, 0.5) is 0 Å². The highest BCUT2D eigenvalue weighted by Crippen LogP contribution is 2.18. The molecule has 6 nitrogen and oxygen atoms in total. The summed E-state index contributed by atoms with van der Waals surface area (Å²) in [5.41, 5.74) is 0.549. The second-order valence-electron chi connectivity index (χ2n) is 3.95. The van der Waals surface area contributed by atoms with E-state index in [9.17, 15) is 14.4 Å². The number of hydrogen-bond acceptors (Lipinski definition) is 3. The molecule has 0 aromatic carbocycles. The van der Waals surface area contributed by atoms with E-state index in [-0.39, 0.29) is 17.0 Å². The van der Waals surface area contributed by atoms with Crippen LogP contribution in [0.1, 0.15) is 18.9 Å². The van der Waals surface area contributed by atoms with Gasteiger partial charge in [-0.3, -0.25) is 24.6 Å². The number of aromatic nitrogens is 2. The standard InChI is InChI=1S/C11H13N3O3/c1-7(15)14-4-2-8(3-5-14)9-6-10(16)12-13-11(9)17/h2,6H,3-5H2,1H3,(H,12,16)(H,13,17). The van der Waals surface area contributed by atoms with Gasteiger partial charge < -0.3 is 4.90 Å². The van der Waals surface area contributed by atoms with Crippen molar-refractivity contribution in [3.63, 3.8) is 0 Å². The molecule has 90 valence electrons. The highest BCUT2D eigenvalue weighted by Gasteiger charge is 2.16. The summed E-state index contributed by atoms with van der Waals surface area (Å²) in [6.45, 7) is 2.57. The number of carbonyl (C=O) groups is 1. The molecule has 0 unspecified atom stereocenters. The quantitative estimate of drug-likeness (QED) is 0.700. The Labute approximate surface area is 96.9 Å². The number of hydrogen-bond donors (Lipinski definition) is 2. The van der Waals surface area contributed by atoms with Crippen LogP contribution in [0.2, 0.25) is 0 Å². The van der Waals surface area contributed by atoms with E-state index >= 15 is 0 Å². The Balaban J connectivity index is 2.31. The largest absolute Gasteiger partial charge is 0.339 e. The van der Waals surface area contributed by atoms with Crippen LogP contribution in [0.5, 0.6) is 0 Å². The number of carbonyl (C=O) groups excluding carboxylic acids is 1. The third-order valence-electron chi connectivity index (χ3n) is 2.82. The highest BCUT2D eigenvalue weighted by atomic mass is 16.2. The van der Waals surface area contributed by atoms with Gasteiger partial charge in [-0.1, -0.05) is 6.08 Å². The minimum absolute atomic E-state index is 0.0140. The molecular weight excluding hydrogens is 222 g/mol. The van der Waals surface area contributed by atoms with E-state index < -0.39 is 0 Å². The van der Waals surface area contributed by atoms with Crippen LogP contribution in [0.3, 0.4) is 0 Å². The molecule has 2 N–H and O–H groups in total. The SMILES string of the molecule is CC(=O)N1CC=C(c2cc(=O)[nH][nH]c2=O)CC1. The van der Waals surface area contributed by atoms with Gasteiger partial charge in [0.2, 0.25) is 5.91 Å². The third kappa shape index (κ3) is 2.35. The fourth-order valence-corrected chi connectivity index (χ4v) is 1.86. The predicted octanol–water partition coefficient (Wildman–Crippen LogP) is -0.301. The van der Waals surface area contributed by atoms with E-state index in [0.717, 1.165) is 5.57 Å². The number of amides is 1. The average Bonchev–Trinajstić information content (AvgIpc) is 2.32. The van der Waals surface area contributed by atoms with Gasteiger partial charge in [0.1, 0.15) is 0 Å². The minimum atomic E-state index is -0.338. The number of nitrogens with zero attached hydrogens (tertiary/aromatic N) is 1. The number of H-pyrrole nitrogens is 2. The van der Waals surface area contributed by atoms with Crippen LogP contribution in [0.15, 0.2) is 21.7 Å². The van der Waals surface area contributed by atoms with Crippen molar-refractivity contribution < 1.29 is 4.79 Å². The highest BCUT2D eigenvalue weighted by molar-refractivity contribution is 5.75. The molecule has 2 heterocycles. The average molecular weight is 235 g/mol. The molecule has 0 radical (unpaired) electrons. The Morgan fingerprint density at radius 2 is 2.12 bits per heavy atom. The van der Waals surface area contributed by atoms with Crippen molar-refractivity contribution >= 4 is 11.5 Å². The van der Waals surface area contributed by atoms with E-state index in [4.69, 9.17) is 0 Å². The lowest BCUT2D eigenvalue weighted by molar-refractivity contribution is -0.128. The van der Waals surface area contributed by atoms with Gasteiger partial charge in [-0.2, -0.15) is 0 Å². The van der Waals surface area contributed by atoms with Crippen LogP contribution in [0.25, 0.3) is 5.57 Å². The topological polar surface area (TPSA) is 86.0 Å². The van der Waals surface area contributed by atoms with Gasteiger partial charge in [-0.15, -0.1) is 0 Å². The monoisotopic (exact) mass is 235 g/mol. The molecule has 0 bridgehead atoms. The van der Waals surface area contributed by atoms with E-state index in [1.54, 1.807) is 4.90 Å². The number of nitrogens with one attached hydrogen (secondary N) is 2. The Bertz CT molecular complexity index is 582. The summed E-state index contributed by atoms with van der Waals surface area (Å²) in [6, 6.07) is 1.29. The lowest BCUT2D eigenvalue weighted by Gasteiger charge is -2.24. The van der Waals surface area contributed by atoms with Crippen molar-refractivity contribution in [1.82, 2.24) is 15.1 Å². The molecule has 0 fully saturated rings. The summed E-state index contributed by atoms with van der Waals surface area (Å²) in [6.07, 6.45) is 2.40. The van der Waals surface area contributed by atoms with Gasteiger partial charge in [0.05, 0.1) is 0 Å². The van der Waals surface area contributed by atoms with Crippen LogP contribution in [0, 0.1) is 0 Å². The first-order chi connectivity index (χ1) is 8.08. The molecule has 0 spiro atoms. The molecule has 1 aliphatic heterocycles. The van der Waals surface area contributed by atoms with Gasteiger partial charge in [0, 0.05) is 31.6 Å². The van der Waals surface area contributed by atoms with Gasteiger partial charge in [-0.05, 0) is 12.0 Å². The second kappa shape index (κ2) is 4.40. The first-order valence-corrected chi connectivity index (χ1v) is 5.35. The van der Waals surface area contributed by atoms with E-state index in [2.05, 4.69) is 10.2 Å². The first kappa shape index (κ1) is 11.4. The van der Waals surface area contributed by atoms with Crippen LogP contribution < -0.4 is 11.1 Å². The van der Waals surface area contributed by atoms with Gasteiger partial charge in [-0.25, -0.2) is 0 Å². The van der Waals surface area contributed by atoms with Crippen LogP contribution in [-0.2, 0) is 4.79 Å². The maximum Gasteiger partial charge on any atom is 0.270 e. The van der Waals surface area contributed by atoms with Crippen LogP contribution in [-0.4, -0.2) is 34.1 Å². The van der Waals surface area contributed by atoms with Gasteiger partial charge in [0.15, 0.2) is 0 Å². The zero-order valence-corrected chi connectivity index (χ0v) is 9.45. The molecule has 1 aromatic heterocycles. The first-order valence-electron chi connectivity index (χ1n) is 5.35. The lowest BCUT2D eigenvalue weighted by Crippen LogP contribution is -2.33. The Kier molecular flexibility index (Phi) is 2.95. The molecular formula is C11H13N3O3. The molecule has 1 amide bonds. The van der Waals surface area contributed by atoms with E-state index in [1.807, 2.05) is 6.08 Å². The normalized spacial score (nSPS) is 15.6. The van der Waals surface area contributed by atoms with Gasteiger partial charge in [0.25, 0.3) is 11.1 Å². The predicted molar refractivity (Wildman–Crippen MR) is 62.5 cm³/mol. The fourth-order valence-electron chi connectivity index (χ4n) is 1.86. The Morgan fingerprint density at radius 3 is 2.71 bits per heavy atom. The maximum absolute atomic E-state index is 11.5. The maximum atomic E-state index is 11.5. The van der Waals surface area contributed by atoms with E-state index in [0.29, 0.717) is 25.1 Å². The van der Waals surface area contributed by atoms with Crippen molar-refractivity contribution in [2.45, 2.75) is 13.3 Å². The van der Waals surface area contributed by atoms with E-state index in [1.165, 1.54) is 13.0 Å². The third-order valence-corrected chi connectivity index (χ3v) is 2.82. The van der Waals surface area contributed by atoms with Crippen molar-refractivity contribution in [2.75, 3.05) is 13.1 Å². The minimum Gasteiger partial charge on any atom is -0.339 e. The molecule has 0 atom stereocenters. The molecule has 0 saturated carbocycles. The summed E-state index contributed by atoms with van der Waals surface area (Å²) >= 11 is 0. The van der Waals surface area contributed by atoms with Crippen molar-refractivity contribution in [2.24, 2.45) is 0 Å². The Hall–Kier alpha value is -2.11. The smallest absolute Gasteiger partial charge is 0.270 e. The van der Waals surface area contributed by atoms with Crippen molar-refractivity contribution in [3.8, 4) is 0 Å². The fraction of sp³-hybridized carbons (Fsp3) is 0.364. The number of aromatic amines is 2. The van der Waals surface area contributed by atoms with Crippen molar-refractivity contribution in [1.29, 1.82) is 0 Å². The zero-order chi connectivity index (χ0) is 12.4. The summed E-state index contributed by atoms with van der Waals surface area (Å²) < 4.78 is 0. The lowest BCUT2D eigenvalue weighted by atomic mass is 10.0. The molecule has 1 aromatic rings.